The molecule has 216 valence electrons. The van der Waals surface area contributed by atoms with Gasteiger partial charge in [0.1, 0.15) is 34.4 Å². The van der Waals surface area contributed by atoms with E-state index in [2.05, 4.69) is 15.0 Å². The van der Waals surface area contributed by atoms with E-state index >= 15 is 8.78 Å². The van der Waals surface area contributed by atoms with E-state index in [1.165, 1.54) is 24.3 Å². The van der Waals surface area contributed by atoms with Crippen molar-refractivity contribution in [2.24, 2.45) is 0 Å². The van der Waals surface area contributed by atoms with Crippen molar-refractivity contribution < 1.29 is 31.5 Å². The van der Waals surface area contributed by atoms with Gasteiger partial charge in [0.15, 0.2) is 0 Å². The summed E-state index contributed by atoms with van der Waals surface area (Å²) in [5, 5.41) is 3.15. The van der Waals surface area contributed by atoms with Crippen LogP contribution in [-0.4, -0.2) is 34.7 Å². The molecule has 1 aliphatic rings. The molecule has 0 bridgehead atoms. The molecule has 2 aromatic heterocycles. The van der Waals surface area contributed by atoms with Gasteiger partial charge in [0.25, 0.3) is 5.91 Å². The number of alkyl halides is 3. The van der Waals surface area contributed by atoms with Gasteiger partial charge in [0.05, 0.1) is 10.7 Å². The maximum Gasteiger partial charge on any atom is 0.573 e. The van der Waals surface area contributed by atoms with Crippen molar-refractivity contribution in [2.45, 2.75) is 45.0 Å². The van der Waals surface area contributed by atoms with Crippen molar-refractivity contribution in [3.05, 3.63) is 93.9 Å². The monoisotopic (exact) mass is 592 g/mol. The second kappa shape index (κ2) is 11.6. The topological polar surface area (TPSA) is 58.9 Å². The summed E-state index contributed by atoms with van der Waals surface area (Å²) in [7, 11) is 0. The summed E-state index contributed by atoms with van der Waals surface area (Å²) in [4.78, 5) is 19.1. The highest BCUT2D eigenvalue weighted by atomic mass is 35.5. The number of aryl methyl sites for hydroxylation is 1. The van der Waals surface area contributed by atoms with Gasteiger partial charge in [-0.3, -0.25) is 9.20 Å². The molecular weight excluding hydrogens is 567 g/mol. The number of ether oxygens (including phenoxy) is 1. The van der Waals surface area contributed by atoms with E-state index in [0.717, 1.165) is 5.56 Å². The first-order chi connectivity index (χ1) is 19.5. The molecule has 0 aliphatic carbocycles. The van der Waals surface area contributed by atoms with Crippen LogP contribution in [0, 0.1) is 11.6 Å². The highest BCUT2D eigenvalue weighted by molar-refractivity contribution is 6.30. The maximum absolute atomic E-state index is 15.1. The lowest BCUT2D eigenvalue weighted by Gasteiger charge is -2.34. The first kappa shape index (κ1) is 28.7. The van der Waals surface area contributed by atoms with Gasteiger partial charge >= 0.3 is 6.36 Å². The van der Waals surface area contributed by atoms with Crippen molar-refractivity contribution in [1.29, 1.82) is 0 Å². The highest BCUT2D eigenvalue weighted by Crippen LogP contribution is 2.34. The number of aromatic nitrogens is 2. The lowest BCUT2D eigenvalue weighted by atomic mass is 9.89. The van der Waals surface area contributed by atoms with Crippen LogP contribution in [0.25, 0.3) is 5.65 Å². The third-order valence-corrected chi connectivity index (χ3v) is 7.35. The number of nitrogens with one attached hydrogen (secondary N) is 1. The van der Waals surface area contributed by atoms with E-state index < -0.39 is 23.9 Å². The molecule has 0 unspecified atom stereocenters. The number of pyridine rings is 1. The smallest absolute Gasteiger partial charge is 0.406 e. The van der Waals surface area contributed by atoms with Gasteiger partial charge in [-0.15, -0.1) is 13.2 Å². The summed E-state index contributed by atoms with van der Waals surface area (Å²) in [6.07, 6.45) is -1.52. The number of rotatable bonds is 7. The number of halogens is 6. The van der Waals surface area contributed by atoms with Crippen LogP contribution >= 0.6 is 11.6 Å². The third-order valence-electron chi connectivity index (χ3n) is 7.13. The third kappa shape index (κ3) is 6.40. The zero-order valence-corrected chi connectivity index (χ0v) is 22.7. The Bertz CT molecular complexity index is 1540. The summed E-state index contributed by atoms with van der Waals surface area (Å²) < 4.78 is 73.0. The largest absolute Gasteiger partial charge is 0.573 e. The molecule has 12 heteroatoms. The van der Waals surface area contributed by atoms with Gasteiger partial charge in [0.2, 0.25) is 0 Å². The number of fused-ring (bicyclic) bond motifs is 1. The summed E-state index contributed by atoms with van der Waals surface area (Å²) in [6.45, 7) is 2.51. The molecule has 4 aromatic rings. The molecule has 0 atom stereocenters. The fourth-order valence-electron chi connectivity index (χ4n) is 5.22. The Hall–Kier alpha value is -3.86. The van der Waals surface area contributed by atoms with Crippen LogP contribution in [0.4, 0.5) is 27.6 Å². The van der Waals surface area contributed by atoms with Crippen LogP contribution in [-0.2, 0) is 13.0 Å². The molecule has 3 heterocycles. The second-order valence-corrected chi connectivity index (χ2v) is 10.2. The van der Waals surface area contributed by atoms with Gasteiger partial charge in [-0.05, 0) is 72.7 Å². The first-order valence-corrected chi connectivity index (χ1v) is 13.4. The van der Waals surface area contributed by atoms with Crippen LogP contribution in [0.2, 0.25) is 5.02 Å². The van der Waals surface area contributed by atoms with Crippen molar-refractivity contribution in [3.8, 4) is 5.75 Å². The van der Waals surface area contributed by atoms with Crippen LogP contribution in [0.1, 0.15) is 53.0 Å². The van der Waals surface area contributed by atoms with Crippen LogP contribution in [0.15, 0.2) is 54.7 Å². The van der Waals surface area contributed by atoms with Crippen LogP contribution < -0.4 is 15.0 Å². The number of anilines is 1. The molecule has 6 nitrogen and oxygen atoms in total. The molecule has 41 heavy (non-hydrogen) atoms. The first-order valence-electron chi connectivity index (χ1n) is 13.1. The van der Waals surface area contributed by atoms with Crippen LogP contribution in [0.3, 0.4) is 0 Å². The Labute approximate surface area is 237 Å². The van der Waals surface area contributed by atoms with E-state index in [1.54, 1.807) is 39.8 Å². The van der Waals surface area contributed by atoms with E-state index in [4.69, 9.17) is 11.6 Å². The molecule has 1 fully saturated rings. The van der Waals surface area contributed by atoms with Crippen molar-refractivity contribution in [1.82, 2.24) is 14.7 Å². The average Bonchev–Trinajstić information content (AvgIpc) is 3.29. The second-order valence-electron chi connectivity index (χ2n) is 9.81. The Morgan fingerprint density at radius 2 is 1.73 bits per heavy atom. The number of nitrogens with zero attached hydrogens (tertiary/aromatic N) is 3. The van der Waals surface area contributed by atoms with Gasteiger partial charge in [-0.2, -0.15) is 0 Å². The molecule has 5 rings (SSSR count). The summed E-state index contributed by atoms with van der Waals surface area (Å²) in [6, 6.07) is 11.5. The van der Waals surface area contributed by atoms with Crippen molar-refractivity contribution in [2.75, 3.05) is 18.0 Å². The van der Waals surface area contributed by atoms with E-state index in [1.807, 2.05) is 6.92 Å². The predicted octanol–water partition coefficient (Wildman–Crippen LogP) is 7.04. The molecule has 0 radical (unpaired) electrons. The molecule has 1 saturated heterocycles. The maximum atomic E-state index is 15.1. The predicted molar refractivity (Wildman–Crippen MR) is 144 cm³/mol. The van der Waals surface area contributed by atoms with Crippen LogP contribution in [0.5, 0.6) is 5.75 Å². The summed E-state index contributed by atoms with van der Waals surface area (Å²) >= 11 is 6.09. The number of piperidine rings is 1. The molecule has 1 amide bonds. The molecule has 1 aliphatic heterocycles. The lowest BCUT2D eigenvalue weighted by Crippen LogP contribution is -2.34. The molecule has 2 aromatic carbocycles. The van der Waals surface area contributed by atoms with Crippen molar-refractivity contribution >= 4 is 28.8 Å². The Morgan fingerprint density at radius 1 is 1.07 bits per heavy atom. The lowest BCUT2D eigenvalue weighted by molar-refractivity contribution is -0.274. The Morgan fingerprint density at radius 3 is 2.34 bits per heavy atom. The Balaban J connectivity index is 1.23. The SMILES string of the molecule is CCc1nc2ccc(Cl)cn2c1C(=O)NCc1cc(F)c(N2CCC(c3ccc(OC(F)(F)F)cc3)CC2)c(F)c1. The molecule has 1 N–H and O–H groups in total. The normalized spacial score (nSPS) is 14.5. The van der Waals surface area contributed by atoms with E-state index in [-0.39, 0.29) is 29.5 Å². The number of hydrogen-bond donors (Lipinski definition) is 1. The minimum atomic E-state index is -4.76. The van der Waals surface area contributed by atoms with Gasteiger partial charge in [-0.25, -0.2) is 13.8 Å². The molecular formula is C29H26ClF5N4O2. The van der Waals surface area contributed by atoms with Gasteiger partial charge < -0.3 is 15.0 Å². The fraction of sp³-hybridized carbons (Fsp3) is 0.310. The number of imidazole rings is 1. The summed E-state index contributed by atoms with van der Waals surface area (Å²) in [5.74, 6) is -2.18. The number of carbonyl (C=O) groups excluding carboxylic acids is 1. The molecule has 0 saturated carbocycles. The number of carbonyl (C=O) groups is 1. The van der Waals surface area contributed by atoms with E-state index in [9.17, 15) is 18.0 Å². The van der Waals surface area contributed by atoms with E-state index in [0.29, 0.717) is 54.4 Å². The summed E-state index contributed by atoms with van der Waals surface area (Å²) in [5.41, 5.74) is 2.41. The minimum Gasteiger partial charge on any atom is -0.406 e. The quantitative estimate of drug-likeness (QED) is 0.234. The van der Waals surface area contributed by atoms with Crippen molar-refractivity contribution in [3.63, 3.8) is 0 Å². The minimum absolute atomic E-state index is 0.0364. The number of amides is 1. The Kier molecular flexibility index (Phi) is 8.08. The zero-order valence-electron chi connectivity index (χ0n) is 21.9. The number of benzene rings is 2. The molecule has 0 spiro atoms. The standard InChI is InChI=1S/C29H26ClF5N4O2/c1-2-24-27(39-16-20(30)5-8-25(39)37-24)28(40)36-15-17-13-22(31)26(23(32)14-17)38-11-9-19(10-12-38)18-3-6-21(7-4-18)41-29(33,34)35/h3-8,13-14,16,19H,2,9-12,15H2,1H3,(H,36,40). The van der Waals surface area contributed by atoms with Gasteiger partial charge in [0, 0.05) is 25.8 Å². The average molecular weight is 593 g/mol. The highest BCUT2D eigenvalue weighted by Gasteiger charge is 2.31. The van der Waals surface area contributed by atoms with Gasteiger partial charge in [-0.1, -0.05) is 30.7 Å². The zero-order chi connectivity index (χ0) is 29.3. The number of hydrogen-bond acceptors (Lipinski definition) is 4. The fourth-order valence-corrected chi connectivity index (χ4v) is 5.38.